The second-order valence-electron chi connectivity index (χ2n) is 3.73. The first-order valence-corrected chi connectivity index (χ1v) is 5.03. The van der Waals surface area contributed by atoms with Gasteiger partial charge in [0.15, 0.2) is 0 Å². The summed E-state index contributed by atoms with van der Waals surface area (Å²) >= 11 is 0. The molecule has 0 aliphatic heterocycles. The summed E-state index contributed by atoms with van der Waals surface area (Å²) < 4.78 is 5.21. The van der Waals surface area contributed by atoms with Crippen LogP contribution < -0.4 is 4.74 Å². The molecule has 1 N–H and O–H groups in total. The van der Waals surface area contributed by atoms with Gasteiger partial charge in [0, 0.05) is 6.08 Å². The molecular weight excluding hydrogens is 204 g/mol. The Morgan fingerprint density at radius 2 is 1.94 bits per heavy atom. The van der Waals surface area contributed by atoms with Gasteiger partial charge < -0.3 is 9.84 Å². The molecule has 0 aliphatic carbocycles. The van der Waals surface area contributed by atoms with Crippen LogP contribution in [-0.4, -0.2) is 18.2 Å². The zero-order chi connectivity index (χ0) is 12.3. The molecule has 1 aromatic carbocycles. The average molecular weight is 220 g/mol. The Kier molecular flexibility index (Phi) is 3.72. The maximum absolute atomic E-state index is 10.6. The van der Waals surface area contributed by atoms with Crippen LogP contribution in [0.2, 0.25) is 0 Å². The maximum atomic E-state index is 10.6. The SMILES string of the molecule is COc1ccc(/C(C)=C/C(=O)O)c(C)c1C. The predicted molar refractivity (Wildman–Crippen MR) is 63.8 cm³/mol. The van der Waals surface area contributed by atoms with E-state index in [0.29, 0.717) is 0 Å². The quantitative estimate of drug-likeness (QED) is 0.797. The highest BCUT2D eigenvalue weighted by molar-refractivity contribution is 5.90. The first kappa shape index (κ1) is 12.3. The normalized spacial score (nSPS) is 11.4. The standard InChI is InChI=1S/C13H16O3/c1-8(7-13(14)15)11-5-6-12(16-4)10(3)9(11)2/h5-7H,1-4H3,(H,14,15)/b8-7+. The van der Waals surface area contributed by atoms with Crippen molar-refractivity contribution in [3.8, 4) is 5.75 Å². The lowest BCUT2D eigenvalue weighted by atomic mass is 9.97. The van der Waals surface area contributed by atoms with Crippen molar-refractivity contribution in [3.05, 3.63) is 34.9 Å². The number of carbonyl (C=O) groups is 1. The minimum atomic E-state index is -0.926. The summed E-state index contributed by atoms with van der Waals surface area (Å²) in [5, 5.41) is 8.71. The summed E-state index contributed by atoms with van der Waals surface area (Å²) in [5.74, 6) is -0.102. The molecule has 0 saturated heterocycles. The smallest absolute Gasteiger partial charge is 0.328 e. The van der Waals surface area contributed by atoms with Crippen LogP contribution in [0.3, 0.4) is 0 Å². The number of methoxy groups -OCH3 is 1. The van der Waals surface area contributed by atoms with Crippen molar-refractivity contribution >= 4 is 11.5 Å². The lowest BCUT2D eigenvalue weighted by Crippen LogP contribution is -1.96. The van der Waals surface area contributed by atoms with Gasteiger partial charge in [0.1, 0.15) is 5.75 Å². The van der Waals surface area contributed by atoms with Gasteiger partial charge in [-0.3, -0.25) is 0 Å². The largest absolute Gasteiger partial charge is 0.496 e. The number of carboxylic acid groups (broad SMARTS) is 1. The number of benzene rings is 1. The molecule has 0 heterocycles. The first-order valence-electron chi connectivity index (χ1n) is 5.03. The minimum Gasteiger partial charge on any atom is -0.496 e. The highest BCUT2D eigenvalue weighted by Crippen LogP contribution is 2.27. The third kappa shape index (κ3) is 2.42. The van der Waals surface area contributed by atoms with Crippen molar-refractivity contribution in [1.82, 2.24) is 0 Å². The van der Waals surface area contributed by atoms with Crippen LogP contribution in [0.4, 0.5) is 0 Å². The van der Waals surface area contributed by atoms with Gasteiger partial charge in [-0.1, -0.05) is 6.07 Å². The summed E-state index contributed by atoms with van der Waals surface area (Å²) in [5.41, 5.74) is 3.78. The molecule has 16 heavy (non-hydrogen) atoms. The summed E-state index contributed by atoms with van der Waals surface area (Å²) in [4.78, 5) is 10.6. The summed E-state index contributed by atoms with van der Waals surface area (Å²) in [7, 11) is 1.63. The Morgan fingerprint density at radius 3 is 2.44 bits per heavy atom. The van der Waals surface area contributed by atoms with E-state index < -0.39 is 5.97 Å². The van der Waals surface area contributed by atoms with Gasteiger partial charge in [-0.2, -0.15) is 0 Å². The number of aliphatic carboxylic acids is 1. The van der Waals surface area contributed by atoms with Gasteiger partial charge >= 0.3 is 5.97 Å². The third-order valence-corrected chi connectivity index (χ3v) is 2.72. The Bertz CT molecular complexity index is 445. The fraction of sp³-hybridized carbons (Fsp3) is 0.308. The van der Waals surface area contributed by atoms with E-state index in [1.54, 1.807) is 14.0 Å². The van der Waals surface area contributed by atoms with Gasteiger partial charge in [0.25, 0.3) is 0 Å². The van der Waals surface area contributed by atoms with E-state index >= 15 is 0 Å². The number of hydrogen-bond acceptors (Lipinski definition) is 2. The highest BCUT2D eigenvalue weighted by Gasteiger charge is 2.08. The lowest BCUT2D eigenvalue weighted by molar-refractivity contribution is -0.131. The minimum absolute atomic E-state index is 0.746. The maximum Gasteiger partial charge on any atom is 0.328 e. The highest BCUT2D eigenvalue weighted by atomic mass is 16.5. The molecule has 86 valence electrons. The molecule has 0 amide bonds. The van der Waals surface area contributed by atoms with E-state index in [9.17, 15) is 4.79 Å². The second kappa shape index (κ2) is 4.84. The molecule has 0 fully saturated rings. The zero-order valence-electron chi connectivity index (χ0n) is 10.00. The summed E-state index contributed by atoms with van der Waals surface area (Å²) in [6, 6.07) is 3.74. The van der Waals surface area contributed by atoms with E-state index in [1.807, 2.05) is 26.0 Å². The lowest BCUT2D eigenvalue weighted by Gasteiger charge is -2.12. The molecule has 0 saturated carbocycles. The number of rotatable bonds is 3. The first-order chi connectivity index (χ1) is 7.47. The van der Waals surface area contributed by atoms with Crippen molar-refractivity contribution in [2.75, 3.05) is 7.11 Å². The van der Waals surface area contributed by atoms with E-state index in [2.05, 4.69) is 0 Å². The van der Waals surface area contributed by atoms with Crippen molar-refractivity contribution in [3.63, 3.8) is 0 Å². The Morgan fingerprint density at radius 1 is 1.31 bits per heavy atom. The zero-order valence-corrected chi connectivity index (χ0v) is 10.00. The molecular formula is C13H16O3. The van der Waals surface area contributed by atoms with Crippen LogP contribution in [0.15, 0.2) is 18.2 Å². The molecule has 0 atom stereocenters. The number of carboxylic acids is 1. The fourth-order valence-electron chi connectivity index (χ4n) is 1.71. The Labute approximate surface area is 95.4 Å². The second-order valence-corrected chi connectivity index (χ2v) is 3.73. The molecule has 0 aliphatic rings. The third-order valence-electron chi connectivity index (χ3n) is 2.72. The molecule has 1 aromatic rings. The average Bonchev–Trinajstić information content (AvgIpc) is 2.20. The van der Waals surface area contributed by atoms with E-state index in [-0.39, 0.29) is 0 Å². The van der Waals surface area contributed by atoms with Crippen LogP contribution in [0.5, 0.6) is 5.75 Å². The van der Waals surface area contributed by atoms with Gasteiger partial charge in [-0.05, 0) is 49.1 Å². The van der Waals surface area contributed by atoms with Gasteiger partial charge in [0.05, 0.1) is 7.11 Å². The van der Waals surface area contributed by atoms with E-state index in [4.69, 9.17) is 9.84 Å². The number of ether oxygens (including phenoxy) is 1. The van der Waals surface area contributed by atoms with Crippen molar-refractivity contribution in [1.29, 1.82) is 0 Å². The molecule has 3 nitrogen and oxygen atoms in total. The number of hydrogen-bond donors (Lipinski definition) is 1. The van der Waals surface area contributed by atoms with Gasteiger partial charge in [0.2, 0.25) is 0 Å². The molecule has 0 unspecified atom stereocenters. The van der Waals surface area contributed by atoms with Crippen LogP contribution in [0.25, 0.3) is 5.57 Å². The van der Waals surface area contributed by atoms with Gasteiger partial charge in [-0.25, -0.2) is 4.79 Å². The summed E-state index contributed by atoms with van der Waals surface area (Å²) in [6.45, 7) is 5.72. The van der Waals surface area contributed by atoms with Crippen LogP contribution in [0, 0.1) is 13.8 Å². The molecule has 0 radical (unpaired) electrons. The van der Waals surface area contributed by atoms with Crippen molar-refractivity contribution in [2.45, 2.75) is 20.8 Å². The molecule has 1 rings (SSSR count). The molecule has 3 heteroatoms. The van der Waals surface area contributed by atoms with Crippen molar-refractivity contribution in [2.24, 2.45) is 0 Å². The fourth-order valence-corrected chi connectivity index (χ4v) is 1.71. The van der Waals surface area contributed by atoms with Crippen LogP contribution >= 0.6 is 0 Å². The topological polar surface area (TPSA) is 46.5 Å². The van der Waals surface area contributed by atoms with Crippen LogP contribution in [-0.2, 0) is 4.79 Å². The predicted octanol–water partition coefficient (Wildman–Crippen LogP) is 2.80. The number of allylic oxidation sites excluding steroid dienone is 1. The van der Waals surface area contributed by atoms with E-state index in [1.165, 1.54) is 6.08 Å². The molecule has 0 aromatic heterocycles. The Balaban J connectivity index is 3.27. The monoisotopic (exact) mass is 220 g/mol. The van der Waals surface area contributed by atoms with E-state index in [0.717, 1.165) is 28.0 Å². The summed E-state index contributed by atoms with van der Waals surface area (Å²) in [6.07, 6.45) is 1.22. The Hall–Kier alpha value is -1.77. The van der Waals surface area contributed by atoms with Gasteiger partial charge in [-0.15, -0.1) is 0 Å². The van der Waals surface area contributed by atoms with Crippen LogP contribution in [0.1, 0.15) is 23.6 Å². The van der Waals surface area contributed by atoms with Crippen molar-refractivity contribution < 1.29 is 14.6 Å². The molecule has 0 bridgehead atoms. The molecule has 0 spiro atoms.